The zero-order valence-corrected chi connectivity index (χ0v) is 12.6. The summed E-state index contributed by atoms with van der Waals surface area (Å²) >= 11 is 5.35. The molecule has 0 aliphatic carbocycles. The predicted octanol–water partition coefficient (Wildman–Crippen LogP) is 3.92. The Morgan fingerprint density at radius 3 is 2.82 bits per heavy atom. The molecule has 94 valence electrons. The zero-order chi connectivity index (χ0) is 12.5. The minimum absolute atomic E-state index is 0.167. The standard InChI is InChI=1S/C13H17BrFNS/c1-13(2)9-16(3-4-17-13)8-10-5-11(14)7-12(15)6-10/h5-7H,3-4,8-9H2,1-2H3. The molecule has 1 saturated heterocycles. The molecule has 2 rings (SSSR count). The molecule has 1 aliphatic heterocycles. The van der Waals surface area contributed by atoms with Crippen molar-refractivity contribution >= 4 is 27.7 Å². The smallest absolute Gasteiger partial charge is 0.124 e. The normalized spacial score (nSPS) is 20.5. The van der Waals surface area contributed by atoms with Crippen molar-refractivity contribution < 1.29 is 4.39 Å². The van der Waals surface area contributed by atoms with E-state index in [-0.39, 0.29) is 5.82 Å². The van der Waals surface area contributed by atoms with Gasteiger partial charge < -0.3 is 0 Å². The number of hydrogen-bond donors (Lipinski definition) is 0. The van der Waals surface area contributed by atoms with Crippen LogP contribution in [0.4, 0.5) is 4.39 Å². The Morgan fingerprint density at radius 2 is 2.18 bits per heavy atom. The summed E-state index contributed by atoms with van der Waals surface area (Å²) in [6.45, 7) is 7.52. The SMILES string of the molecule is CC1(C)CN(Cc2cc(F)cc(Br)c2)CCS1. The number of nitrogens with zero attached hydrogens (tertiary/aromatic N) is 1. The van der Waals surface area contributed by atoms with Gasteiger partial charge in [0.25, 0.3) is 0 Å². The highest BCUT2D eigenvalue weighted by molar-refractivity contribution is 9.10. The molecule has 1 aromatic carbocycles. The Hall–Kier alpha value is -0.0600. The van der Waals surface area contributed by atoms with Crippen molar-refractivity contribution in [1.29, 1.82) is 0 Å². The first-order chi connectivity index (χ1) is 7.94. The highest BCUT2D eigenvalue weighted by Gasteiger charge is 2.26. The zero-order valence-electron chi connectivity index (χ0n) is 10.2. The molecular formula is C13H17BrFNS. The van der Waals surface area contributed by atoms with E-state index in [1.165, 1.54) is 6.07 Å². The van der Waals surface area contributed by atoms with Crippen LogP contribution in [0.15, 0.2) is 22.7 Å². The molecule has 0 atom stereocenters. The van der Waals surface area contributed by atoms with Crippen LogP contribution < -0.4 is 0 Å². The minimum atomic E-state index is -0.167. The van der Waals surface area contributed by atoms with Crippen LogP contribution in [0.2, 0.25) is 0 Å². The first-order valence-corrected chi connectivity index (χ1v) is 7.54. The van der Waals surface area contributed by atoms with Gasteiger partial charge in [0.15, 0.2) is 0 Å². The lowest BCUT2D eigenvalue weighted by molar-refractivity contribution is 0.252. The summed E-state index contributed by atoms with van der Waals surface area (Å²) < 4.78 is 14.4. The van der Waals surface area contributed by atoms with E-state index in [0.29, 0.717) is 4.75 Å². The van der Waals surface area contributed by atoms with Gasteiger partial charge in [0.05, 0.1) is 0 Å². The number of rotatable bonds is 2. The third-order valence-electron chi connectivity index (χ3n) is 2.83. The third-order valence-corrected chi connectivity index (χ3v) is 4.59. The summed E-state index contributed by atoms with van der Waals surface area (Å²) in [6, 6.07) is 5.12. The van der Waals surface area contributed by atoms with E-state index in [9.17, 15) is 4.39 Å². The van der Waals surface area contributed by atoms with Crippen LogP contribution >= 0.6 is 27.7 Å². The van der Waals surface area contributed by atoms with E-state index in [1.807, 2.05) is 17.8 Å². The number of benzene rings is 1. The van der Waals surface area contributed by atoms with Crippen molar-refractivity contribution in [3.63, 3.8) is 0 Å². The molecule has 1 heterocycles. The van der Waals surface area contributed by atoms with Gasteiger partial charge in [-0.2, -0.15) is 11.8 Å². The van der Waals surface area contributed by atoms with Crippen LogP contribution in [0.25, 0.3) is 0 Å². The van der Waals surface area contributed by atoms with Gasteiger partial charge in [0.1, 0.15) is 5.82 Å². The fraction of sp³-hybridized carbons (Fsp3) is 0.538. The number of halogens is 2. The average Bonchev–Trinajstić information content (AvgIpc) is 2.13. The lowest BCUT2D eigenvalue weighted by Crippen LogP contribution is -2.42. The van der Waals surface area contributed by atoms with Gasteiger partial charge in [-0.05, 0) is 37.6 Å². The molecule has 0 amide bonds. The van der Waals surface area contributed by atoms with Crippen LogP contribution in [-0.4, -0.2) is 28.5 Å². The van der Waals surface area contributed by atoms with Gasteiger partial charge in [0.2, 0.25) is 0 Å². The molecule has 1 aliphatic rings. The quantitative estimate of drug-likeness (QED) is 0.813. The van der Waals surface area contributed by atoms with E-state index in [2.05, 4.69) is 34.7 Å². The summed E-state index contributed by atoms with van der Waals surface area (Å²) in [4.78, 5) is 2.40. The molecule has 0 aromatic heterocycles. The molecule has 1 aromatic rings. The topological polar surface area (TPSA) is 3.24 Å². The van der Waals surface area contributed by atoms with E-state index in [1.54, 1.807) is 6.07 Å². The van der Waals surface area contributed by atoms with Crippen molar-refractivity contribution in [2.24, 2.45) is 0 Å². The van der Waals surface area contributed by atoms with Crippen LogP contribution in [-0.2, 0) is 6.54 Å². The van der Waals surface area contributed by atoms with E-state index < -0.39 is 0 Å². The lowest BCUT2D eigenvalue weighted by atomic mass is 10.1. The van der Waals surface area contributed by atoms with Crippen LogP contribution in [0.1, 0.15) is 19.4 Å². The van der Waals surface area contributed by atoms with Gasteiger partial charge in [-0.1, -0.05) is 15.9 Å². The second-order valence-corrected chi connectivity index (χ2v) is 7.81. The summed E-state index contributed by atoms with van der Waals surface area (Å²) in [5.74, 6) is 0.990. The lowest BCUT2D eigenvalue weighted by Gasteiger charge is -2.37. The fourth-order valence-electron chi connectivity index (χ4n) is 2.21. The Labute approximate surface area is 115 Å². The van der Waals surface area contributed by atoms with Crippen molar-refractivity contribution in [1.82, 2.24) is 4.90 Å². The molecule has 0 radical (unpaired) electrons. The minimum Gasteiger partial charge on any atom is -0.297 e. The molecule has 17 heavy (non-hydrogen) atoms. The van der Waals surface area contributed by atoms with Crippen LogP contribution in [0, 0.1) is 5.82 Å². The van der Waals surface area contributed by atoms with Gasteiger partial charge in [-0.25, -0.2) is 4.39 Å². The number of hydrogen-bond acceptors (Lipinski definition) is 2. The summed E-state index contributed by atoms with van der Waals surface area (Å²) in [6.07, 6.45) is 0. The maximum absolute atomic E-state index is 13.3. The van der Waals surface area contributed by atoms with Crippen LogP contribution in [0.5, 0.6) is 0 Å². The maximum atomic E-state index is 13.3. The molecule has 0 unspecified atom stereocenters. The van der Waals surface area contributed by atoms with Gasteiger partial charge in [-0.15, -0.1) is 0 Å². The molecule has 0 spiro atoms. The van der Waals surface area contributed by atoms with Crippen molar-refractivity contribution in [2.75, 3.05) is 18.8 Å². The van der Waals surface area contributed by atoms with Gasteiger partial charge in [0, 0.05) is 34.6 Å². The van der Waals surface area contributed by atoms with Crippen molar-refractivity contribution in [3.8, 4) is 0 Å². The maximum Gasteiger partial charge on any atom is 0.124 e. The molecule has 0 N–H and O–H groups in total. The molecule has 0 saturated carbocycles. The summed E-state index contributed by atoms with van der Waals surface area (Å²) in [5.41, 5.74) is 1.04. The average molecular weight is 318 g/mol. The van der Waals surface area contributed by atoms with E-state index in [4.69, 9.17) is 0 Å². The first-order valence-electron chi connectivity index (χ1n) is 5.76. The van der Waals surface area contributed by atoms with Crippen molar-refractivity contribution in [3.05, 3.63) is 34.1 Å². The molecule has 1 nitrogen and oxygen atoms in total. The Bertz CT molecular complexity index is 388. The third kappa shape index (κ3) is 3.97. The van der Waals surface area contributed by atoms with E-state index >= 15 is 0 Å². The highest BCUT2D eigenvalue weighted by Crippen LogP contribution is 2.30. The Kier molecular flexibility index (Phi) is 4.16. The molecule has 0 bridgehead atoms. The van der Waals surface area contributed by atoms with Crippen LogP contribution in [0.3, 0.4) is 0 Å². The fourth-order valence-corrected chi connectivity index (χ4v) is 3.90. The monoisotopic (exact) mass is 317 g/mol. The van der Waals surface area contributed by atoms with Crippen molar-refractivity contribution in [2.45, 2.75) is 25.1 Å². The first kappa shape index (κ1) is 13.4. The van der Waals surface area contributed by atoms with E-state index in [0.717, 1.165) is 35.4 Å². The Morgan fingerprint density at radius 1 is 1.41 bits per heavy atom. The highest BCUT2D eigenvalue weighted by atomic mass is 79.9. The summed E-state index contributed by atoms with van der Waals surface area (Å²) in [5, 5.41) is 0. The summed E-state index contributed by atoms with van der Waals surface area (Å²) in [7, 11) is 0. The van der Waals surface area contributed by atoms with Gasteiger partial charge in [-0.3, -0.25) is 4.90 Å². The second-order valence-electron chi connectivity index (χ2n) is 5.10. The largest absolute Gasteiger partial charge is 0.297 e. The number of thioether (sulfide) groups is 1. The van der Waals surface area contributed by atoms with Gasteiger partial charge >= 0.3 is 0 Å². The Balaban J connectivity index is 2.05. The second kappa shape index (κ2) is 5.29. The predicted molar refractivity (Wildman–Crippen MR) is 75.9 cm³/mol. The molecular weight excluding hydrogens is 301 g/mol. The molecule has 1 fully saturated rings. The molecule has 4 heteroatoms.